The molecule has 0 spiro atoms. The molecule has 2 amide bonds. The molecule has 1 atom stereocenters. The van der Waals surface area contributed by atoms with Gasteiger partial charge in [0.1, 0.15) is 5.92 Å². The van der Waals surface area contributed by atoms with Crippen molar-refractivity contribution in [3.63, 3.8) is 0 Å². The number of carbonyl (C=O) groups is 2. The number of nitrogens with zero attached hydrogens (tertiary/aromatic N) is 2. The molecule has 0 saturated heterocycles. The third kappa shape index (κ3) is 4.01. The quantitative estimate of drug-likeness (QED) is 0.602. The van der Waals surface area contributed by atoms with Crippen molar-refractivity contribution in [3.8, 4) is 0 Å². The predicted molar refractivity (Wildman–Crippen MR) is 104 cm³/mol. The summed E-state index contributed by atoms with van der Waals surface area (Å²) in [6, 6.07) is 8.65. The Hall–Kier alpha value is -3.16. The van der Waals surface area contributed by atoms with Crippen LogP contribution in [-0.2, 0) is 15.8 Å². The van der Waals surface area contributed by atoms with Crippen LogP contribution in [0.5, 0.6) is 0 Å². The van der Waals surface area contributed by atoms with Gasteiger partial charge in [0.2, 0.25) is 11.8 Å². The number of hydrogen-bond donors (Lipinski definition) is 1. The Labute approximate surface area is 166 Å². The third-order valence-electron chi connectivity index (χ3n) is 4.65. The van der Waals surface area contributed by atoms with Crippen LogP contribution in [0.25, 0.3) is 0 Å². The van der Waals surface area contributed by atoms with Gasteiger partial charge >= 0.3 is 6.18 Å². The lowest BCUT2D eigenvalue weighted by atomic mass is 9.95. The summed E-state index contributed by atoms with van der Waals surface area (Å²) in [6.07, 6.45) is -4.54. The van der Waals surface area contributed by atoms with Crippen LogP contribution in [0.15, 0.2) is 41.5 Å². The van der Waals surface area contributed by atoms with E-state index in [2.05, 4.69) is 10.5 Å². The van der Waals surface area contributed by atoms with Gasteiger partial charge in [-0.15, -0.1) is 0 Å². The number of hydrazone groups is 1. The fraction of sp³-hybridized carbons (Fsp3) is 0.286. The number of hydrogen-bond acceptors (Lipinski definition) is 3. The highest BCUT2D eigenvalue weighted by atomic mass is 19.4. The topological polar surface area (TPSA) is 61.8 Å². The Kier molecular flexibility index (Phi) is 5.21. The second-order valence-corrected chi connectivity index (χ2v) is 7.15. The summed E-state index contributed by atoms with van der Waals surface area (Å²) < 4.78 is 39.9. The van der Waals surface area contributed by atoms with E-state index in [0.29, 0.717) is 11.3 Å². The number of amides is 2. The second-order valence-electron chi connectivity index (χ2n) is 7.15. The first-order chi connectivity index (χ1) is 13.5. The van der Waals surface area contributed by atoms with E-state index in [4.69, 9.17) is 0 Å². The fourth-order valence-electron chi connectivity index (χ4n) is 3.52. The van der Waals surface area contributed by atoms with Crippen molar-refractivity contribution in [2.45, 2.75) is 39.8 Å². The lowest BCUT2D eigenvalue weighted by molar-refractivity contribution is -0.137. The van der Waals surface area contributed by atoms with Crippen LogP contribution in [0.2, 0.25) is 0 Å². The van der Waals surface area contributed by atoms with E-state index >= 15 is 0 Å². The number of anilines is 2. The number of fused-ring (bicyclic) bond motifs is 1. The highest BCUT2D eigenvalue weighted by Gasteiger charge is 2.42. The molecule has 0 saturated carbocycles. The number of halogens is 3. The first kappa shape index (κ1) is 20.6. The number of alkyl halides is 3. The minimum Gasteiger partial charge on any atom is -0.280 e. The van der Waals surface area contributed by atoms with Gasteiger partial charge in [-0.05, 0) is 61.7 Å². The lowest BCUT2D eigenvalue weighted by Crippen LogP contribution is -2.28. The molecule has 29 heavy (non-hydrogen) atoms. The summed E-state index contributed by atoms with van der Waals surface area (Å²) in [6.45, 7) is 6.54. The standard InChI is InChI=1S/C21H20F3N3O2/c1-11-7-12(2)9-16(8-11)27-18-10-15(21(22,23)24)5-6-17(18)19(20(27)29)13(3)25-26-14(4)28/h5-10,19H,1-4H3,(H,26,28)/b25-13-. The Bertz CT molecular complexity index is 1010. The molecule has 1 aliphatic heterocycles. The predicted octanol–water partition coefficient (Wildman–Crippen LogP) is 4.60. The summed E-state index contributed by atoms with van der Waals surface area (Å²) in [5.74, 6) is -1.72. The van der Waals surface area contributed by atoms with Crippen molar-refractivity contribution in [2.75, 3.05) is 4.90 Å². The van der Waals surface area contributed by atoms with Crippen LogP contribution in [0, 0.1) is 13.8 Å². The molecule has 1 heterocycles. The van der Waals surface area contributed by atoms with Crippen molar-refractivity contribution in [1.82, 2.24) is 5.43 Å². The molecule has 5 nitrogen and oxygen atoms in total. The molecule has 0 aromatic heterocycles. The molecular formula is C21H20F3N3O2. The largest absolute Gasteiger partial charge is 0.416 e. The maximum Gasteiger partial charge on any atom is 0.416 e. The second kappa shape index (κ2) is 7.35. The van der Waals surface area contributed by atoms with Gasteiger partial charge in [-0.1, -0.05) is 12.1 Å². The molecule has 2 aromatic carbocycles. The Morgan fingerprint density at radius 1 is 1.07 bits per heavy atom. The van der Waals surface area contributed by atoms with Crippen LogP contribution in [-0.4, -0.2) is 17.5 Å². The average Bonchev–Trinajstić information content (AvgIpc) is 2.89. The monoisotopic (exact) mass is 403 g/mol. The number of aryl methyl sites for hydroxylation is 2. The SMILES string of the molecule is CC(=O)N/N=C(/C)C1C(=O)N(c2cc(C)cc(C)c2)c2cc(C(F)(F)F)ccc21. The maximum absolute atomic E-state index is 13.3. The summed E-state index contributed by atoms with van der Waals surface area (Å²) in [5, 5.41) is 3.94. The van der Waals surface area contributed by atoms with Gasteiger partial charge in [0.15, 0.2) is 0 Å². The first-order valence-electron chi connectivity index (χ1n) is 8.93. The summed E-state index contributed by atoms with van der Waals surface area (Å²) >= 11 is 0. The molecule has 1 N–H and O–H groups in total. The van der Waals surface area contributed by atoms with Crippen molar-refractivity contribution >= 4 is 28.9 Å². The minimum absolute atomic E-state index is 0.164. The van der Waals surface area contributed by atoms with Gasteiger partial charge in [-0.3, -0.25) is 14.5 Å². The highest BCUT2D eigenvalue weighted by molar-refractivity contribution is 6.21. The number of nitrogens with one attached hydrogen (secondary N) is 1. The third-order valence-corrected chi connectivity index (χ3v) is 4.65. The van der Waals surface area contributed by atoms with Gasteiger partial charge in [0.25, 0.3) is 0 Å². The van der Waals surface area contributed by atoms with Crippen molar-refractivity contribution in [1.29, 1.82) is 0 Å². The van der Waals surface area contributed by atoms with E-state index in [0.717, 1.165) is 23.3 Å². The minimum atomic E-state index is -4.54. The van der Waals surface area contributed by atoms with Crippen molar-refractivity contribution < 1.29 is 22.8 Å². The van der Waals surface area contributed by atoms with Crippen LogP contribution in [0.1, 0.15) is 42.0 Å². The normalized spacial score (nSPS) is 16.8. The van der Waals surface area contributed by atoms with E-state index in [-0.39, 0.29) is 11.4 Å². The van der Waals surface area contributed by atoms with Gasteiger partial charge in [0.05, 0.1) is 17.0 Å². The van der Waals surface area contributed by atoms with Gasteiger partial charge in [-0.2, -0.15) is 18.3 Å². The van der Waals surface area contributed by atoms with Crippen molar-refractivity contribution in [2.24, 2.45) is 5.10 Å². The van der Waals surface area contributed by atoms with Crippen LogP contribution in [0.3, 0.4) is 0 Å². The van der Waals surface area contributed by atoms with Crippen molar-refractivity contribution in [3.05, 3.63) is 58.7 Å². The van der Waals surface area contributed by atoms with Gasteiger partial charge < -0.3 is 0 Å². The number of benzene rings is 2. The average molecular weight is 403 g/mol. The molecule has 3 rings (SSSR count). The van der Waals surface area contributed by atoms with E-state index < -0.39 is 29.5 Å². The fourth-order valence-corrected chi connectivity index (χ4v) is 3.52. The van der Waals surface area contributed by atoms with Gasteiger partial charge in [-0.25, -0.2) is 5.43 Å². The van der Waals surface area contributed by atoms with Crippen LogP contribution < -0.4 is 10.3 Å². The smallest absolute Gasteiger partial charge is 0.280 e. The zero-order valence-corrected chi connectivity index (χ0v) is 16.4. The lowest BCUT2D eigenvalue weighted by Gasteiger charge is -2.20. The molecule has 2 aromatic rings. The summed E-state index contributed by atoms with van der Waals surface area (Å²) in [5.41, 5.74) is 4.56. The summed E-state index contributed by atoms with van der Waals surface area (Å²) in [7, 11) is 0. The molecule has 0 fully saturated rings. The molecule has 1 unspecified atom stereocenters. The molecule has 152 valence electrons. The Balaban J connectivity index is 2.19. The van der Waals surface area contributed by atoms with E-state index in [1.807, 2.05) is 19.9 Å². The highest BCUT2D eigenvalue weighted by Crippen LogP contribution is 2.45. The first-order valence-corrected chi connectivity index (χ1v) is 8.93. The van der Waals surface area contributed by atoms with Crippen LogP contribution in [0.4, 0.5) is 24.5 Å². The van der Waals surface area contributed by atoms with Crippen LogP contribution >= 0.6 is 0 Å². The maximum atomic E-state index is 13.3. The molecule has 8 heteroatoms. The zero-order valence-electron chi connectivity index (χ0n) is 16.4. The van der Waals surface area contributed by atoms with E-state index in [1.54, 1.807) is 19.1 Å². The Morgan fingerprint density at radius 3 is 2.24 bits per heavy atom. The molecule has 0 radical (unpaired) electrons. The van der Waals surface area contributed by atoms with E-state index in [9.17, 15) is 22.8 Å². The number of rotatable bonds is 3. The van der Waals surface area contributed by atoms with Gasteiger partial charge in [0, 0.05) is 12.6 Å². The molecule has 0 aliphatic carbocycles. The van der Waals surface area contributed by atoms with E-state index in [1.165, 1.54) is 17.9 Å². The number of carbonyl (C=O) groups excluding carboxylic acids is 2. The zero-order chi connectivity index (χ0) is 21.5. The molecule has 0 bridgehead atoms. The molecule has 1 aliphatic rings. The molecular weight excluding hydrogens is 383 g/mol. The Morgan fingerprint density at radius 2 is 1.69 bits per heavy atom. The summed E-state index contributed by atoms with van der Waals surface area (Å²) in [4.78, 5) is 25.7.